The molecule has 1 aromatic carbocycles. The van der Waals surface area contributed by atoms with E-state index in [1.807, 2.05) is 13.0 Å². The maximum Gasteiger partial charge on any atom is 0.130 e. The monoisotopic (exact) mass is 340 g/mol. The number of pyridine rings is 1. The van der Waals surface area contributed by atoms with E-state index in [-0.39, 0.29) is 5.56 Å². The molecule has 0 aliphatic rings. The summed E-state index contributed by atoms with van der Waals surface area (Å²) >= 11 is 3.35. The molecule has 0 bridgehead atoms. The van der Waals surface area contributed by atoms with Crippen LogP contribution in [0.4, 0.5) is 8.78 Å². The minimum Gasteiger partial charge on any atom is -0.310 e. The van der Waals surface area contributed by atoms with Gasteiger partial charge in [0.2, 0.25) is 0 Å². The summed E-state index contributed by atoms with van der Waals surface area (Å²) in [5.41, 5.74) is 0.988. The fraction of sp³-hybridized carbons (Fsp3) is 0.267. The first kappa shape index (κ1) is 15.1. The lowest BCUT2D eigenvalue weighted by Gasteiger charge is -2.19. The Bertz CT molecular complexity index is 570. The maximum absolute atomic E-state index is 13.9. The summed E-state index contributed by atoms with van der Waals surface area (Å²) in [6.07, 6.45) is 3.85. The summed E-state index contributed by atoms with van der Waals surface area (Å²) in [5, 5.41) is 3.13. The second-order valence-electron chi connectivity index (χ2n) is 4.46. The number of nitrogens with one attached hydrogen (secondary N) is 1. The molecule has 0 saturated carbocycles. The molecule has 2 rings (SSSR count). The maximum atomic E-state index is 13.9. The van der Waals surface area contributed by atoms with Crippen molar-refractivity contribution in [2.24, 2.45) is 0 Å². The van der Waals surface area contributed by atoms with Crippen LogP contribution in [0.3, 0.4) is 0 Å². The summed E-state index contributed by atoms with van der Waals surface area (Å²) in [4.78, 5) is 4.07. The number of benzene rings is 1. The van der Waals surface area contributed by atoms with Gasteiger partial charge in [-0.05, 0) is 52.7 Å². The molecule has 0 saturated heterocycles. The van der Waals surface area contributed by atoms with Gasteiger partial charge in [-0.1, -0.05) is 13.0 Å². The van der Waals surface area contributed by atoms with Crippen molar-refractivity contribution in [3.63, 3.8) is 0 Å². The van der Waals surface area contributed by atoms with Gasteiger partial charge in [-0.2, -0.15) is 0 Å². The zero-order valence-corrected chi connectivity index (χ0v) is 12.6. The van der Waals surface area contributed by atoms with Gasteiger partial charge in [0.25, 0.3) is 0 Å². The lowest BCUT2D eigenvalue weighted by Crippen LogP contribution is -2.25. The van der Waals surface area contributed by atoms with Crippen molar-refractivity contribution in [1.82, 2.24) is 10.3 Å². The summed E-state index contributed by atoms with van der Waals surface area (Å²) in [7, 11) is 0. The van der Waals surface area contributed by atoms with E-state index in [1.165, 1.54) is 18.2 Å². The predicted molar refractivity (Wildman–Crippen MR) is 78.4 cm³/mol. The van der Waals surface area contributed by atoms with Crippen LogP contribution in [0.25, 0.3) is 0 Å². The lowest BCUT2D eigenvalue weighted by molar-refractivity contribution is 0.472. The lowest BCUT2D eigenvalue weighted by atomic mass is 9.98. The molecule has 0 amide bonds. The Morgan fingerprint density at radius 3 is 2.55 bits per heavy atom. The van der Waals surface area contributed by atoms with E-state index in [0.29, 0.717) is 13.0 Å². The molecule has 0 spiro atoms. The number of rotatable bonds is 5. The van der Waals surface area contributed by atoms with E-state index in [9.17, 15) is 8.78 Å². The summed E-state index contributed by atoms with van der Waals surface area (Å²) in [6.45, 7) is 2.53. The minimum atomic E-state index is -0.529. The van der Waals surface area contributed by atoms with Crippen LogP contribution in [-0.2, 0) is 6.42 Å². The Hall–Kier alpha value is -1.33. The molecular weight excluding hydrogens is 326 g/mol. The highest BCUT2D eigenvalue weighted by molar-refractivity contribution is 9.10. The van der Waals surface area contributed by atoms with Crippen molar-refractivity contribution in [1.29, 1.82) is 0 Å². The van der Waals surface area contributed by atoms with Crippen LogP contribution in [-0.4, -0.2) is 11.5 Å². The first-order chi connectivity index (χ1) is 9.61. The van der Waals surface area contributed by atoms with Crippen molar-refractivity contribution >= 4 is 15.9 Å². The van der Waals surface area contributed by atoms with E-state index < -0.39 is 17.7 Å². The normalized spacial score (nSPS) is 12.4. The van der Waals surface area contributed by atoms with Gasteiger partial charge in [0.05, 0.1) is 0 Å². The highest BCUT2D eigenvalue weighted by Gasteiger charge is 2.19. The topological polar surface area (TPSA) is 24.9 Å². The molecule has 1 aromatic heterocycles. The SMILES string of the molecule is CCNC(Cc1cncc(Br)c1)c1c(F)cccc1F. The van der Waals surface area contributed by atoms with Crippen LogP contribution in [0.5, 0.6) is 0 Å². The molecule has 0 radical (unpaired) electrons. The molecular formula is C15H15BrF2N2. The molecule has 1 atom stereocenters. The highest BCUT2D eigenvalue weighted by atomic mass is 79.9. The van der Waals surface area contributed by atoms with Gasteiger partial charge >= 0.3 is 0 Å². The quantitative estimate of drug-likeness (QED) is 0.889. The zero-order chi connectivity index (χ0) is 14.5. The van der Waals surface area contributed by atoms with Crippen LogP contribution in [0, 0.1) is 11.6 Å². The van der Waals surface area contributed by atoms with Crippen LogP contribution >= 0.6 is 15.9 Å². The third kappa shape index (κ3) is 3.61. The predicted octanol–water partition coefficient (Wildman–Crippen LogP) is 4.02. The molecule has 5 heteroatoms. The van der Waals surface area contributed by atoms with Crippen molar-refractivity contribution in [2.75, 3.05) is 6.54 Å². The van der Waals surface area contributed by atoms with Gasteiger partial charge in [0, 0.05) is 28.5 Å². The molecule has 106 valence electrons. The van der Waals surface area contributed by atoms with Gasteiger partial charge in [0.1, 0.15) is 11.6 Å². The Kier molecular flexibility index (Phi) is 5.20. The average molecular weight is 341 g/mol. The van der Waals surface area contributed by atoms with Crippen molar-refractivity contribution in [3.8, 4) is 0 Å². The Balaban J connectivity index is 2.32. The number of hydrogen-bond acceptors (Lipinski definition) is 2. The van der Waals surface area contributed by atoms with E-state index >= 15 is 0 Å². The summed E-state index contributed by atoms with van der Waals surface area (Å²) in [5.74, 6) is -1.06. The number of halogens is 3. The van der Waals surface area contributed by atoms with Gasteiger partial charge in [-0.15, -0.1) is 0 Å². The van der Waals surface area contributed by atoms with Crippen LogP contribution in [0.1, 0.15) is 24.1 Å². The molecule has 1 N–H and O–H groups in total. The average Bonchev–Trinajstić information content (AvgIpc) is 2.38. The van der Waals surface area contributed by atoms with Crippen LogP contribution < -0.4 is 5.32 Å². The zero-order valence-electron chi connectivity index (χ0n) is 11.0. The largest absolute Gasteiger partial charge is 0.310 e. The van der Waals surface area contributed by atoms with Crippen LogP contribution in [0.2, 0.25) is 0 Å². The molecule has 0 aliphatic heterocycles. The third-order valence-corrected chi connectivity index (χ3v) is 3.43. The molecule has 2 nitrogen and oxygen atoms in total. The summed E-state index contributed by atoms with van der Waals surface area (Å²) in [6, 6.07) is 5.41. The molecule has 0 aliphatic carbocycles. The Labute approximate surface area is 125 Å². The minimum absolute atomic E-state index is 0.0781. The van der Waals surface area contributed by atoms with Gasteiger partial charge < -0.3 is 5.32 Å². The summed E-state index contributed by atoms with van der Waals surface area (Å²) < 4.78 is 28.6. The first-order valence-electron chi connectivity index (χ1n) is 6.38. The van der Waals surface area contributed by atoms with E-state index in [2.05, 4.69) is 26.2 Å². The second kappa shape index (κ2) is 6.90. The second-order valence-corrected chi connectivity index (χ2v) is 5.38. The van der Waals surface area contributed by atoms with E-state index in [4.69, 9.17) is 0 Å². The molecule has 1 unspecified atom stereocenters. The molecule has 2 aromatic rings. The Morgan fingerprint density at radius 2 is 1.95 bits per heavy atom. The number of aromatic nitrogens is 1. The van der Waals surface area contributed by atoms with Gasteiger partial charge in [0.15, 0.2) is 0 Å². The van der Waals surface area contributed by atoms with Crippen molar-refractivity contribution in [3.05, 3.63) is 63.9 Å². The van der Waals surface area contributed by atoms with E-state index in [1.54, 1.807) is 12.4 Å². The van der Waals surface area contributed by atoms with Gasteiger partial charge in [-0.25, -0.2) is 8.78 Å². The molecule has 0 fully saturated rings. The number of likely N-dealkylation sites (N-methyl/N-ethyl adjacent to an activating group) is 1. The number of nitrogens with zero attached hydrogens (tertiary/aromatic N) is 1. The fourth-order valence-corrected chi connectivity index (χ4v) is 2.58. The van der Waals surface area contributed by atoms with E-state index in [0.717, 1.165) is 10.0 Å². The Morgan fingerprint density at radius 1 is 1.25 bits per heavy atom. The highest BCUT2D eigenvalue weighted by Crippen LogP contribution is 2.24. The fourth-order valence-electron chi connectivity index (χ4n) is 2.17. The van der Waals surface area contributed by atoms with Crippen molar-refractivity contribution < 1.29 is 8.78 Å². The standard InChI is InChI=1S/C15H15BrF2N2/c1-2-20-14(7-10-6-11(16)9-19-8-10)15-12(17)4-3-5-13(15)18/h3-6,8-9,14,20H,2,7H2,1H3. The van der Waals surface area contributed by atoms with Crippen LogP contribution in [0.15, 0.2) is 41.1 Å². The third-order valence-electron chi connectivity index (χ3n) is 3.00. The smallest absolute Gasteiger partial charge is 0.130 e. The molecule has 1 heterocycles. The first-order valence-corrected chi connectivity index (χ1v) is 7.17. The van der Waals surface area contributed by atoms with Crippen molar-refractivity contribution in [2.45, 2.75) is 19.4 Å². The molecule has 20 heavy (non-hydrogen) atoms. The van der Waals surface area contributed by atoms with Gasteiger partial charge in [-0.3, -0.25) is 4.98 Å². The number of hydrogen-bond donors (Lipinski definition) is 1.